The summed E-state index contributed by atoms with van der Waals surface area (Å²) < 4.78 is 1.77. The van der Waals surface area contributed by atoms with Crippen molar-refractivity contribution < 1.29 is 14.7 Å². The smallest absolute Gasteiger partial charge is 0.309 e. The topological polar surface area (TPSA) is 83.7 Å². The number of nitrogens with one attached hydrogen (secondary N) is 1. The molecule has 0 spiro atoms. The van der Waals surface area contributed by atoms with Crippen LogP contribution in [0, 0.1) is 23.2 Å². The number of hydrogen-bond donors (Lipinski definition) is 2. The van der Waals surface area contributed by atoms with Gasteiger partial charge in [0.05, 0.1) is 12.1 Å². The number of carboxylic acids is 1. The van der Waals surface area contributed by atoms with Gasteiger partial charge in [0.1, 0.15) is 11.5 Å². The van der Waals surface area contributed by atoms with Gasteiger partial charge in [0.15, 0.2) is 0 Å². The molecule has 0 unspecified atom stereocenters. The Labute approximate surface area is 158 Å². The lowest BCUT2D eigenvalue weighted by Crippen LogP contribution is -2.47. The molecule has 27 heavy (non-hydrogen) atoms. The van der Waals surface area contributed by atoms with Gasteiger partial charge in [0, 0.05) is 12.6 Å². The molecule has 0 saturated heterocycles. The average Bonchev–Trinajstić information content (AvgIpc) is 2.95. The molecule has 2 aromatic heterocycles. The number of carbonyl (C=O) groups is 2. The van der Waals surface area contributed by atoms with Gasteiger partial charge < -0.3 is 10.4 Å². The summed E-state index contributed by atoms with van der Waals surface area (Å²) in [5.41, 5.74) is 1.35. The summed E-state index contributed by atoms with van der Waals surface area (Å²) in [6, 6.07) is 5.50. The van der Waals surface area contributed by atoms with Crippen LogP contribution in [0.1, 0.15) is 50.6 Å². The van der Waals surface area contributed by atoms with Crippen LogP contribution in [-0.4, -0.2) is 26.4 Å². The number of hydrogen-bond acceptors (Lipinski definition) is 3. The molecule has 0 atom stereocenters. The number of aromatic nitrogens is 2. The van der Waals surface area contributed by atoms with Gasteiger partial charge in [-0.15, -0.1) is 0 Å². The summed E-state index contributed by atoms with van der Waals surface area (Å²) in [4.78, 5) is 28.2. The number of amides is 1. The Bertz CT molecular complexity index is 881. The van der Waals surface area contributed by atoms with Crippen molar-refractivity contribution in [2.45, 2.75) is 51.4 Å². The Morgan fingerprint density at radius 1 is 1.15 bits per heavy atom. The molecule has 1 amide bonds. The first-order valence-electron chi connectivity index (χ1n) is 9.97. The molecule has 6 nitrogen and oxygen atoms in total. The molecule has 2 N–H and O–H groups in total. The standard InChI is InChI=1S/C21H25N3O3/c25-19(11-21-8-13-4-14(9-21)6-15(5-13)10-21)23-18-3-1-2-17-22-16(7-20(26)27)12-24(17)18/h1-3,12-15H,4-11H2,(H,23,25)(H,26,27). The van der Waals surface area contributed by atoms with E-state index in [0.29, 0.717) is 23.6 Å². The molecular formula is C21H25N3O3. The zero-order chi connectivity index (χ0) is 18.6. The zero-order valence-electron chi connectivity index (χ0n) is 15.4. The van der Waals surface area contributed by atoms with E-state index >= 15 is 0 Å². The van der Waals surface area contributed by atoms with Crippen LogP contribution < -0.4 is 5.32 Å². The van der Waals surface area contributed by atoms with E-state index in [0.717, 1.165) is 17.8 Å². The Balaban J connectivity index is 1.34. The van der Waals surface area contributed by atoms with E-state index in [9.17, 15) is 9.59 Å². The molecule has 6 rings (SSSR count). The lowest BCUT2D eigenvalue weighted by molar-refractivity contribution is -0.136. The highest BCUT2D eigenvalue weighted by Gasteiger charge is 2.51. The van der Waals surface area contributed by atoms with E-state index in [1.165, 1.54) is 38.5 Å². The Kier molecular flexibility index (Phi) is 3.78. The predicted molar refractivity (Wildman–Crippen MR) is 100 cm³/mol. The first kappa shape index (κ1) is 16.8. The number of carbonyl (C=O) groups excluding carboxylic acids is 1. The van der Waals surface area contributed by atoms with Crippen LogP contribution in [0.5, 0.6) is 0 Å². The summed E-state index contributed by atoms with van der Waals surface area (Å²) in [6.45, 7) is 0. The first-order valence-corrected chi connectivity index (χ1v) is 9.97. The number of rotatable bonds is 5. The van der Waals surface area contributed by atoms with Crippen LogP contribution in [0.2, 0.25) is 0 Å². The SMILES string of the molecule is O=C(O)Cc1cn2c(NC(=O)CC34CC5CC(CC(C5)C3)C4)cccc2n1. The molecule has 4 aliphatic rings. The van der Waals surface area contributed by atoms with Gasteiger partial charge >= 0.3 is 5.97 Å². The van der Waals surface area contributed by atoms with Crippen molar-refractivity contribution in [3.8, 4) is 0 Å². The number of aliphatic carboxylic acids is 1. The fourth-order valence-electron chi connectivity index (χ4n) is 6.44. The number of fused-ring (bicyclic) bond motifs is 1. The minimum atomic E-state index is -0.911. The second-order valence-electron chi connectivity index (χ2n) is 9.08. The number of pyridine rings is 1. The fourth-order valence-corrected chi connectivity index (χ4v) is 6.44. The second-order valence-corrected chi connectivity index (χ2v) is 9.08. The lowest BCUT2D eigenvalue weighted by atomic mass is 9.49. The van der Waals surface area contributed by atoms with Gasteiger partial charge in [-0.05, 0) is 73.8 Å². The number of nitrogens with zero attached hydrogens (tertiary/aromatic N) is 2. The van der Waals surface area contributed by atoms with E-state index in [4.69, 9.17) is 5.11 Å². The van der Waals surface area contributed by atoms with Gasteiger partial charge in [-0.2, -0.15) is 0 Å². The number of anilines is 1. The monoisotopic (exact) mass is 367 g/mol. The van der Waals surface area contributed by atoms with Gasteiger partial charge in [0.2, 0.25) is 5.91 Å². The summed E-state index contributed by atoms with van der Waals surface area (Å²) in [7, 11) is 0. The summed E-state index contributed by atoms with van der Waals surface area (Å²) in [5.74, 6) is 2.31. The maximum Gasteiger partial charge on any atom is 0.309 e. The van der Waals surface area contributed by atoms with Crippen molar-refractivity contribution in [2.75, 3.05) is 5.32 Å². The summed E-state index contributed by atoms with van der Waals surface area (Å²) >= 11 is 0. The Morgan fingerprint density at radius 2 is 1.81 bits per heavy atom. The highest BCUT2D eigenvalue weighted by Crippen LogP contribution is 2.61. The Morgan fingerprint density at radius 3 is 2.44 bits per heavy atom. The van der Waals surface area contributed by atoms with E-state index in [1.807, 2.05) is 18.2 Å². The van der Waals surface area contributed by atoms with Crippen LogP contribution in [0.25, 0.3) is 5.65 Å². The van der Waals surface area contributed by atoms with Crippen LogP contribution in [-0.2, 0) is 16.0 Å². The molecular weight excluding hydrogens is 342 g/mol. The van der Waals surface area contributed by atoms with E-state index in [1.54, 1.807) is 10.6 Å². The first-order chi connectivity index (χ1) is 13.0. The van der Waals surface area contributed by atoms with Crippen LogP contribution >= 0.6 is 0 Å². The summed E-state index contributed by atoms with van der Waals surface area (Å²) in [5, 5.41) is 12.0. The van der Waals surface area contributed by atoms with Gasteiger partial charge in [0.25, 0.3) is 0 Å². The number of carboxylic acid groups (broad SMARTS) is 1. The molecule has 142 valence electrons. The molecule has 4 fully saturated rings. The Hall–Kier alpha value is -2.37. The van der Waals surface area contributed by atoms with Crippen LogP contribution in [0.15, 0.2) is 24.4 Å². The average molecular weight is 367 g/mol. The van der Waals surface area contributed by atoms with Gasteiger partial charge in [-0.3, -0.25) is 14.0 Å². The number of imidazole rings is 1. The molecule has 0 radical (unpaired) electrons. The van der Waals surface area contributed by atoms with Crippen molar-refractivity contribution in [1.29, 1.82) is 0 Å². The summed E-state index contributed by atoms with van der Waals surface area (Å²) in [6.07, 6.45) is 9.94. The third-order valence-electron chi connectivity index (χ3n) is 6.84. The molecule has 4 bridgehead atoms. The van der Waals surface area contributed by atoms with Crippen molar-refractivity contribution >= 4 is 23.3 Å². The van der Waals surface area contributed by atoms with Crippen LogP contribution in [0.3, 0.4) is 0 Å². The third kappa shape index (κ3) is 3.11. The third-order valence-corrected chi connectivity index (χ3v) is 6.84. The quantitative estimate of drug-likeness (QED) is 0.847. The van der Waals surface area contributed by atoms with Gasteiger partial charge in [-0.25, -0.2) is 4.98 Å². The highest BCUT2D eigenvalue weighted by atomic mass is 16.4. The lowest BCUT2D eigenvalue weighted by Gasteiger charge is -2.56. The maximum atomic E-state index is 12.9. The molecule has 4 aliphatic carbocycles. The maximum absolute atomic E-state index is 12.9. The van der Waals surface area contributed by atoms with Crippen molar-refractivity contribution in [3.05, 3.63) is 30.1 Å². The largest absolute Gasteiger partial charge is 0.481 e. The molecule has 6 heteroatoms. The van der Waals surface area contributed by atoms with E-state index in [2.05, 4.69) is 10.3 Å². The predicted octanol–water partition coefficient (Wildman–Crippen LogP) is 3.51. The zero-order valence-corrected chi connectivity index (χ0v) is 15.4. The normalized spacial score (nSPS) is 31.3. The highest BCUT2D eigenvalue weighted by molar-refractivity contribution is 5.90. The molecule has 4 saturated carbocycles. The molecule has 0 aromatic carbocycles. The van der Waals surface area contributed by atoms with Crippen molar-refractivity contribution in [2.24, 2.45) is 23.2 Å². The minimum Gasteiger partial charge on any atom is -0.481 e. The van der Waals surface area contributed by atoms with Crippen LogP contribution in [0.4, 0.5) is 5.82 Å². The fraction of sp³-hybridized carbons (Fsp3) is 0.571. The van der Waals surface area contributed by atoms with Crippen molar-refractivity contribution in [3.63, 3.8) is 0 Å². The molecule has 2 aromatic rings. The second kappa shape index (κ2) is 6.08. The van der Waals surface area contributed by atoms with Gasteiger partial charge in [-0.1, -0.05) is 6.07 Å². The van der Waals surface area contributed by atoms with Crippen molar-refractivity contribution in [1.82, 2.24) is 9.38 Å². The van der Waals surface area contributed by atoms with E-state index < -0.39 is 5.97 Å². The van der Waals surface area contributed by atoms with E-state index in [-0.39, 0.29) is 17.7 Å². The minimum absolute atomic E-state index is 0.0675. The molecule has 0 aliphatic heterocycles. The molecule has 2 heterocycles.